The molecule has 1 aromatic rings. The average Bonchev–Trinajstić information content (AvgIpc) is 2.80. The number of hydrogen-bond acceptors (Lipinski definition) is 2. The molecule has 0 spiro atoms. The van der Waals surface area contributed by atoms with Gasteiger partial charge in [-0.05, 0) is 43.5 Å². The molecule has 5 heteroatoms. The van der Waals surface area contributed by atoms with Crippen LogP contribution in [0.3, 0.4) is 0 Å². The van der Waals surface area contributed by atoms with Gasteiger partial charge in [0.15, 0.2) is 0 Å². The van der Waals surface area contributed by atoms with Gasteiger partial charge in [-0.2, -0.15) is 0 Å². The number of carboxylic acid groups (broad SMARTS) is 1. The van der Waals surface area contributed by atoms with Crippen LogP contribution in [0.15, 0.2) is 18.2 Å². The summed E-state index contributed by atoms with van der Waals surface area (Å²) in [6, 6.07) is 4.76. The van der Waals surface area contributed by atoms with E-state index in [0.29, 0.717) is 17.0 Å². The molecule has 2 unspecified atom stereocenters. The Labute approximate surface area is 116 Å². The molecule has 19 heavy (non-hydrogen) atoms. The maximum absolute atomic E-state index is 12.1. The Morgan fingerprint density at radius 2 is 2.11 bits per heavy atom. The van der Waals surface area contributed by atoms with E-state index in [1.54, 1.807) is 18.2 Å². The lowest BCUT2D eigenvalue weighted by Gasteiger charge is -2.17. The first-order chi connectivity index (χ1) is 8.99. The second-order valence-electron chi connectivity index (χ2n) is 4.92. The summed E-state index contributed by atoms with van der Waals surface area (Å²) in [6.07, 6.45) is 2.18. The van der Waals surface area contributed by atoms with Gasteiger partial charge in [-0.15, -0.1) is 0 Å². The number of carbonyl (C=O) groups excluding carboxylic acids is 1. The maximum atomic E-state index is 12.1. The smallest absolute Gasteiger partial charge is 0.308 e. The number of aliphatic carboxylic acids is 1. The molecule has 0 aromatic heterocycles. The molecule has 102 valence electrons. The molecule has 0 bridgehead atoms. The molecule has 0 saturated heterocycles. The standard InChI is InChI=1S/C14H16ClNO3/c1-8-7-9(5-6-11(8)15)13(17)16-12-4-2-3-10(12)14(18)19/h5-7,10,12H,2-4H2,1H3,(H,16,17)(H,18,19). The molecule has 1 aromatic carbocycles. The zero-order valence-corrected chi connectivity index (χ0v) is 11.4. The van der Waals surface area contributed by atoms with E-state index < -0.39 is 11.9 Å². The predicted molar refractivity (Wildman–Crippen MR) is 72.4 cm³/mol. The highest BCUT2D eigenvalue weighted by Crippen LogP contribution is 2.26. The predicted octanol–water partition coefficient (Wildman–Crippen LogP) is 2.63. The van der Waals surface area contributed by atoms with Crippen molar-refractivity contribution in [2.75, 3.05) is 0 Å². The molecule has 1 amide bonds. The number of hydrogen-bond donors (Lipinski definition) is 2. The van der Waals surface area contributed by atoms with Crippen molar-refractivity contribution in [3.63, 3.8) is 0 Å². The summed E-state index contributed by atoms with van der Waals surface area (Å²) in [7, 11) is 0. The lowest BCUT2D eigenvalue weighted by molar-refractivity contribution is -0.142. The van der Waals surface area contributed by atoms with E-state index in [1.165, 1.54) is 0 Å². The fourth-order valence-corrected chi connectivity index (χ4v) is 2.58. The second kappa shape index (κ2) is 5.61. The van der Waals surface area contributed by atoms with Crippen LogP contribution in [0, 0.1) is 12.8 Å². The van der Waals surface area contributed by atoms with Gasteiger partial charge in [0.2, 0.25) is 0 Å². The average molecular weight is 282 g/mol. The molecule has 2 rings (SSSR count). The molecule has 1 saturated carbocycles. The molecule has 1 aliphatic carbocycles. The Hall–Kier alpha value is -1.55. The number of aryl methyl sites for hydroxylation is 1. The van der Waals surface area contributed by atoms with E-state index in [0.717, 1.165) is 18.4 Å². The van der Waals surface area contributed by atoms with E-state index in [9.17, 15) is 9.59 Å². The molecule has 1 aliphatic rings. The number of halogens is 1. The summed E-state index contributed by atoms with van der Waals surface area (Å²) in [5.41, 5.74) is 1.34. The van der Waals surface area contributed by atoms with E-state index >= 15 is 0 Å². The summed E-state index contributed by atoms with van der Waals surface area (Å²) < 4.78 is 0. The normalized spacial score (nSPS) is 22.2. The number of benzene rings is 1. The molecule has 0 heterocycles. The van der Waals surface area contributed by atoms with E-state index in [-0.39, 0.29) is 11.9 Å². The highest BCUT2D eigenvalue weighted by Gasteiger charge is 2.33. The highest BCUT2D eigenvalue weighted by molar-refractivity contribution is 6.31. The maximum Gasteiger partial charge on any atom is 0.308 e. The Kier molecular flexibility index (Phi) is 4.10. The first-order valence-corrected chi connectivity index (χ1v) is 6.66. The van der Waals surface area contributed by atoms with Crippen molar-refractivity contribution in [3.8, 4) is 0 Å². The molecule has 2 atom stereocenters. The third-order valence-corrected chi connectivity index (χ3v) is 3.99. The van der Waals surface area contributed by atoms with Crippen LogP contribution in [-0.2, 0) is 4.79 Å². The van der Waals surface area contributed by atoms with E-state index in [4.69, 9.17) is 16.7 Å². The van der Waals surface area contributed by atoms with Crippen LogP contribution in [0.4, 0.5) is 0 Å². The minimum absolute atomic E-state index is 0.238. The van der Waals surface area contributed by atoms with Gasteiger partial charge in [0.05, 0.1) is 5.92 Å². The van der Waals surface area contributed by atoms with Gasteiger partial charge in [0, 0.05) is 16.6 Å². The van der Waals surface area contributed by atoms with Crippen molar-refractivity contribution in [1.82, 2.24) is 5.32 Å². The van der Waals surface area contributed by atoms with Crippen LogP contribution in [0.1, 0.15) is 35.2 Å². The number of rotatable bonds is 3. The van der Waals surface area contributed by atoms with Gasteiger partial charge in [-0.3, -0.25) is 9.59 Å². The summed E-state index contributed by atoms with van der Waals surface area (Å²) >= 11 is 5.91. The molecule has 4 nitrogen and oxygen atoms in total. The summed E-state index contributed by atoms with van der Waals surface area (Å²) in [4.78, 5) is 23.1. The third kappa shape index (κ3) is 3.07. The number of carbonyl (C=O) groups is 2. The Bertz CT molecular complexity index is 515. The van der Waals surface area contributed by atoms with Gasteiger partial charge in [0.1, 0.15) is 0 Å². The Balaban J connectivity index is 2.08. The van der Waals surface area contributed by atoms with Gasteiger partial charge < -0.3 is 10.4 Å². The van der Waals surface area contributed by atoms with Gasteiger partial charge >= 0.3 is 5.97 Å². The van der Waals surface area contributed by atoms with Crippen molar-refractivity contribution in [2.45, 2.75) is 32.2 Å². The quantitative estimate of drug-likeness (QED) is 0.895. The van der Waals surface area contributed by atoms with E-state index in [1.807, 2.05) is 6.92 Å². The van der Waals surface area contributed by atoms with E-state index in [2.05, 4.69) is 5.32 Å². The van der Waals surface area contributed by atoms with Crippen LogP contribution in [-0.4, -0.2) is 23.0 Å². The Morgan fingerprint density at radius 3 is 2.74 bits per heavy atom. The van der Waals surface area contributed by atoms with Crippen LogP contribution >= 0.6 is 11.6 Å². The first kappa shape index (κ1) is 13.9. The van der Waals surface area contributed by atoms with Crippen molar-refractivity contribution >= 4 is 23.5 Å². The summed E-state index contributed by atoms with van der Waals surface area (Å²) in [6.45, 7) is 1.83. The van der Waals surface area contributed by atoms with Gasteiger partial charge in [-0.1, -0.05) is 18.0 Å². The summed E-state index contributed by atoms with van der Waals surface area (Å²) in [5.74, 6) is -1.55. The summed E-state index contributed by atoms with van der Waals surface area (Å²) in [5, 5.41) is 12.5. The van der Waals surface area contributed by atoms with Crippen molar-refractivity contribution in [1.29, 1.82) is 0 Å². The molecule has 0 radical (unpaired) electrons. The zero-order chi connectivity index (χ0) is 14.0. The monoisotopic (exact) mass is 281 g/mol. The SMILES string of the molecule is Cc1cc(C(=O)NC2CCCC2C(=O)O)ccc1Cl. The van der Waals surface area contributed by atoms with Crippen LogP contribution in [0.5, 0.6) is 0 Å². The zero-order valence-electron chi connectivity index (χ0n) is 10.6. The molecule has 2 N–H and O–H groups in total. The van der Waals surface area contributed by atoms with Crippen molar-refractivity contribution < 1.29 is 14.7 Å². The molecular formula is C14H16ClNO3. The largest absolute Gasteiger partial charge is 0.481 e. The Morgan fingerprint density at radius 1 is 1.37 bits per heavy atom. The number of amides is 1. The first-order valence-electron chi connectivity index (χ1n) is 6.29. The van der Waals surface area contributed by atoms with Gasteiger partial charge in [-0.25, -0.2) is 0 Å². The molecule has 1 fully saturated rings. The minimum atomic E-state index is -0.838. The van der Waals surface area contributed by atoms with Crippen LogP contribution in [0.2, 0.25) is 5.02 Å². The topological polar surface area (TPSA) is 66.4 Å². The van der Waals surface area contributed by atoms with Crippen LogP contribution < -0.4 is 5.32 Å². The minimum Gasteiger partial charge on any atom is -0.481 e. The third-order valence-electron chi connectivity index (χ3n) is 3.57. The molecular weight excluding hydrogens is 266 g/mol. The lowest BCUT2D eigenvalue weighted by atomic mass is 10.0. The number of carboxylic acids is 1. The highest BCUT2D eigenvalue weighted by atomic mass is 35.5. The number of nitrogens with one attached hydrogen (secondary N) is 1. The lowest BCUT2D eigenvalue weighted by Crippen LogP contribution is -2.40. The fourth-order valence-electron chi connectivity index (χ4n) is 2.47. The van der Waals surface area contributed by atoms with Gasteiger partial charge in [0.25, 0.3) is 5.91 Å². The fraction of sp³-hybridized carbons (Fsp3) is 0.429. The van der Waals surface area contributed by atoms with Crippen LogP contribution in [0.25, 0.3) is 0 Å². The van der Waals surface area contributed by atoms with Crippen molar-refractivity contribution in [2.24, 2.45) is 5.92 Å². The second-order valence-corrected chi connectivity index (χ2v) is 5.33. The van der Waals surface area contributed by atoms with Crippen molar-refractivity contribution in [3.05, 3.63) is 34.3 Å². The molecule has 0 aliphatic heterocycles.